The number of hydrogen-bond acceptors (Lipinski definition) is 5. The minimum absolute atomic E-state index is 0.185. The average Bonchev–Trinajstić information content (AvgIpc) is 3.32. The predicted octanol–water partition coefficient (Wildman–Crippen LogP) is 4.56. The molecular formula is C28H29N3O4. The van der Waals surface area contributed by atoms with Crippen molar-refractivity contribution in [1.29, 1.82) is 0 Å². The molecule has 0 aliphatic carbocycles. The molecule has 180 valence electrons. The van der Waals surface area contributed by atoms with Crippen LogP contribution >= 0.6 is 0 Å². The van der Waals surface area contributed by atoms with E-state index in [2.05, 4.69) is 5.32 Å². The molecule has 1 N–H and O–H groups in total. The molecule has 1 amide bonds. The van der Waals surface area contributed by atoms with E-state index in [1.165, 1.54) is 0 Å². The number of aromatic nitrogens is 2. The molecule has 0 unspecified atom stereocenters. The van der Waals surface area contributed by atoms with Gasteiger partial charge in [-0.1, -0.05) is 42.5 Å². The lowest BCUT2D eigenvalue weighted by Crippen LogP contribution is -2.23. The van der Waals surface area contributed by atoms with Gasteiger partial charge in [0.05, 0.1) is 25.8 Å². The van der Waals surface area contributed by atoms with Gasteiger partial charge in [0, 0.05) is 25.4 Å². The molecule has 0 aliphatic heterocycles. The summed E-state index contributed by atoms with van der Waals surface area (Å²) < 4.78 is 17.7. The molecule has 3 aromatic carbocycles. The second-order valence-electron chi connectivity index (χ2n) is 7.97. The van der Waals surface area contributed by atoms with Crippen molar-refractivity contribution in [1.82, 2.24) is 15.1 Å². The topological polar surface area (TPSA) is 74.6 Å². The van der Waals surface area contributed by atoms with Crippen LogP contribution in [0.25, 0.3) is 11.3 Å². The fraction of sp³-hybridized carbons (Fsp3) is 0.214. The fourth-order valence-corrected chi connectivity index (χ4v) is 3.63. The Balaban J connectivity index is 1.50. The van der Waals surface area contributed by atoms with Gasteiger partial charge in [-0.2, -0.15) is 5.10 Å². The maximum absolute atomic E-state index is 13.2. The lowest BCUT2D eigenvalue weighted by Gasteiger charge is -2.08. The molecule has 0 aliphatic rings. The van der Waals surface area contributed by atoms with Crippen molar-refractivity contribution < 1.29 is 19.0 Å². The highest BCUT2D eigenvalue weighted by atomic mass is 16.5. The summed E-state index contributed by atoms with van der Waals surface area (Å²) in [4.78, 5) is 13.2. The van der Waals surface area contributed by atoms with Crippen LogP contribution in [0.2, 0.25) is 0 Å². The Morgan fingerprint density at radius 1 is 0.857 bits per heavy atom. The van der Waals surface area contributed by atoms with Gasteiger partial charge in [0.2, 0.25) is 0 Å². The van der Waals surface area contributed by atoms with Crippen LogP contribution in [0.5, 0.6) is 11.5 Å². The van der Waals surface area contributed by atoms with E-state index in [1.54, 1.807) is 25.1 Å². The maximum atomic E-state index is 13.2. The van der Waals surface area contributed by atoms with Crippen molar-refractivity contribution in [2.24, 2.45) is 0 Å². The maximum Gasteiger partial charge on any atom is 0.255 e. The van der Waals surface area contributed by atoms with Crippen LogP contribution in [0.4, 0.5) is 0 Å². The van der Waals surface area contributed by atoms with E-state index in [9.17, 15) is 4.79 Å². The van der Waals surface area contributed by atoms with Crippen molar-refractivity contribution in [2.45, 2.75) is 13.1 Å². The third-order valence-corrected chi connectivity index (χ3v) is 5.49. The van der Waals surface area contributed by atoms with Gasteiger partial charge in [-0.3, -0.25) is 9.48 Å². The first-order chi connectivity index (χ1) is 17.2. The number of carbonyl (C=O) groups is 1. The third kappa shape index (κ3) is 6.49. The minimum atomic E-state index is -0.185. The Bertz CT molecular complexity index is 1220. The molecule has 35 heavy (non-hydrogen) atoms. The molecule has 1 aromatic heterocycles. The normalized spacial score (nSPS) is 10.7. The molecule has 4 rings (SSSR count). The lowest BCUT2D eigenvalue weighted by molar-refractivity contribution is 0.0951. The van der Waals surface area contributed by atoms with E-state index < -0.39 is 0 Å². The second kappa shape index (κ2) is 11.9. The van der Waals surface area contributed by atoms with Crippen molar-refractivity contribution in [3.8, 4) is 22.8 Å². The van der Waals surface area contributed by atoms with Crippen LogP contribution in [0.3, 0.4) is 0 Å². The SMILES string of the molecule is COCCOc1ccc(CNC(=O)c2cn(Cc3ccccc3)nc2-c2ccc(OC)cc2)cc1. The monoisotopic (exact) mass is 471 g/mol. The van der Waals surface area contributed by atoms with E-state index in [1.807, 2.05) is 78.9 Å². The summed E-state index contributed by atoms with van der Waals surface area (Å²) in [5.74, 6) is 1.33. The Kier molecular flexibility index (Phi) is 8.14. The predicted molar refractivity (Wildman–Crippen MR) is 135 cm³/mol. The molecule has 0 bridgehead atoms. The van der Waals surface area contributed by atoms with Crippen molar-refractivity contribution in [3.63, 3.8) is 0 Å². The van der Waals surface area contributed by atoms with Gasteiger partial charge in [-0.15, -0.1) is 0 Å². The van der Waals surface area contributed by atoms with Crippen LogP contribution in [0.1, 0.15) is 21.5 Å². The average molecular weight is 472 g/mol. The van der Waals surface area contributed by atoms with Crippen LogP contribution in [0, 0.1) is 0 Å². The zero-order valence-electron chi connectivity index (χ0n) is 19.9. The number of amides is 1. The smallest absolute Gasteiger partial charge is 0.255 e. The molecule has 7 heteroatoms. The summed E-state index contributed by atoms with van der Waals surface area (Å²) in [6.07, 6.45) is 1.80. The molecule has 7 nitrogen and oxygen atoms in total. The Labute approximate surface area is 205 Å². The first kappa shape index (κ1) is 24.0. The zero-order valence-corrected chi connectivity index (χ0v) is 19.9. The van der Waals surface area contributed by atoms with E-state index >= 15 is 0 Å². The van der Waals surface area contributed by atoms with Crippen LogP contribution < -0.4 is 14.8 Å². The molecule has 0 saturated heterocycles. The number of carbonyl (C=O) groups excluding carboxylic acids is 1. The summed E-state index contributed by atoms with van der Waals surface area (Å²) in [5.41, 5.74) is 4.07. The van der Waals surface area contributed by atoms with Gasteiger partial charge in [-0.25, -0.2) is 0 Å². The van der Waals surface area contributed by atoms with E-state index in [0.717, 1.165) is 28.2 Å². The number of nitrogens with zero attached hydrogens (tertiary/aromatic N) is 2. The molecular weight excluding hydrogens is 442 g/mol. The Morgan fingerprint density at radius 3 is 2.26 bits per heavy atom. The molecule has 4 aromatic rings. The lowest BCUT2D eigenvalue weighted by atomic mass is 10.1. The number of benzene rings is 3. The summed E-state index contributed by atoms with van der Waals surface area (Å²) in [5, 5.41) is 7.76. The standard InChI is InChI=1S/C28H29N3O4/c1-33-16-17-35-25-12-8-21(9-13-25)18-29-28(32)26-20-31(19-22-6-4-3-5-7-22)30-27(26)23-10-14-24(34-2)15-11-23/h3-15,20H,16-19H2,1-2H3,(H,29,32). The van der Waals surface area contributed by atoms with E-state index in [0.29, 0.717) is 37.6 Å². The molecule has 0 saturated carbocycles. The highest BCUT2D eigenvalue weighted by Crippen LogP contribution is 2.25. The third-order valence-electron chi connectivity index (χ3n) is 5.49. The Morgan fingerprint density at radius 2 is 1.57 bits per heavy atom. The van der Waals surface area contributed by atoms with Crippen molar-refractivity contribution in [2.75, 3.05) is 27.4 Å². The van der Waals surface area contributed by atoms with Crippen molar-refractivity contribution >= 4 is 5.91 Å². The van der Waals surface area contributed by atoms with Crippen molar-refractivity contribution in [3.05, 3.63) is 102 Å². The number of rotatable bonds is 11. The van der Waals surface area contributed by atoms with Gasteiger partial charge in [0.25, 0.3) is 5.91 Å². The summed E-state index contributed by atoms with van der Waals surface area (Å²) in [6, 6.07) is 25.2. The summed E-state index contributed by atoms with van der Waals surface area (Å²) in [6.45, 7) is 1.99. The Hall–Kier alpha value is -4.10. The highest BCUT2D eigenvalue weighted by molar-refractivity contribution is 5.99. The second-order valence-corrected chi connectivity index (χ2v) is 7.97. The molecule has 1 heterocycles. The van der Waals surface area contributed by atoms with Crippen LogP contribution in [-0.4, -0.2) is 43.1 Å². The minimum Gasteiger partial charge on any atom is -0.497 e. The number of ether oxygens (including phenoxy) is 3. The fourth-order valence-electron chi connectivity index (χ4n) is 3.63. The van der Waals surface area contributed by atoms with Gasteiger partial charge in [-0.05, 0) is 47.5 Å². The molecule has 0 radical (unpaired) electrons. The van der Waals surface area contributed by atoms with E-state index in [-0.39, 0.29) is 5.91 Å². The summed E-state index contributed by atoms with van der Waals surface area (Å²) >= 11 is 0. The largest absolute Gasteiger partial charge is 0.497 e. The first-order valence-electron chi connectivity index (χ1n) is 11.4. The van der Waals surface area contributed by atoms with Crippen LogP contribution in [0.15, 0.2) is 85.1 Å². The summed E-state index contributed by atoms with van der Waals surface area (Å²) in [7, 11) is 3.27. The van der Waals surface area contributed by atoms with Gasteiger partial charge in [0.1, 0.15) is 23.8 Å². The first-order valence-corrected chi connectivity index (χ1v) is 11.4. The van der Waals surface area contributed by atoms with Gasteiger partial charge >= 0.3 is 0 Å². The molecule has 0 fully saturated rings. The number of hydrogen-bond donors (Lipinski definition) is 1. The molecule has 0 spiro atoms. The van der Waals surface area contributed by atoms with Crippen LogP contribution in [-0.2, 0) is 17.8 Å². The van der Waals surface area contributed by atoms with Gasteiger partial charge < -0.3 is 19.5 Å². The zero-order chi connectivity index (χ0) is 24.5. The van der Waals surface area contributed by atoms with Gasteiger partial charge in [0.15, 0.2) is 0 Å². The molecule has 0 atom stereocenters. The number of nitrogens with one attached hydrogen (secondary N) is 1. The van der Waals surface area contributed by atoms with E-state index in [4.69, 9.17) is 19.3 Å². The number of methoxy groups -OCH3 is 2. The highest BCUT2D eigenvalue weighted by Gasteiger charge is 2.18. The quantitative estimate of drug-likeness (QED) is 0.325.